The van der Waals surface area contributed by atoms with Gasteiger partial charge in [-0.3, -0.25) is 0 Å². The lowest BCUT2D eigenvalue weighted by Crippen LogP contribution is -2.39. The minimum atomic E-state index is 1.17. The van der Waals surface area contributed by atoms with Crippen LogP contribution in [0.5, 0.6) is 0 Å². The van der Waals surface area contributed by atoms with Crippen molar-refractivity contribution in [2.45, 2.75) is 48.5 Å². The van der Waals surface area contributed by atoms with Gasteiger partial charge in [-0.25, -0.2) is 0 Å². The van der Waals surface area contributed by atoms with Gasteiger partial charge in [0.05, 0.1) is 0 Å². The quantitative estimate of drug-likeness (QED) is 0.573. The molecule has 0 atom stereocenters. The van der Waals surface area contributed by atoms with Gasteiger partial charge >= 0.3 is 0 Å². The normalized spacial score (nSPS) is 11.1. The van der Waals surface area contributed by atoms with E-state index in [1.807, 2.05) is 13.8 Å². The van der Waals surface area contributed by atoms with Crippen molar-refractivity contribution < 1.29 is 0 Å². The number of hydrogen-bond acceptors (Lipinski definition) is 3. The Hall–Kier alpha value is -0.120. The number of rotatable bonds is 11. The Kier molecular flexibility index (Phi) is 17.8. The number of nitrogens with zero attached hydrogens (tertiary/aromatic N) is 3. The molecule has 3 nitrogen and oxygen atoms in total. The van der Waals surface area contributed by atoms with E-state index in [1.165, 1.54) is 58.9 Å². The van der Waals surface area contributed by atoms with Crippen molar-refractivity contribution in [2.75, 3.05) is 58.9 Å². The summed E-state index contributed by atoms with van der Waals surface area (Å²) in [6.45, 7) is 25.9. The first-order valence-corrected chi connectivity index (χ1v) is 8.38. The van der Waals surface area contributed by atoms with Crippen LogP contribution in [0.3, 0.4) is 0 Å². The minimum absolute atomic E-state index is 1.17. The lowest BCUT2D eigenvalue weighted by molar-refractivity contribution is 0.191. The summed E-state index contributed by atoms with van der Waals surface area (Å²) in [6, 6.07) is 0. The Labute approximate surface area is 122 Å². The van der Waals surface area contributed by atoms with Crippen molar-refractivity contribution in [3.05, 3.63) is 0 Å². The van der Waals surface area contributed by atoms with E-state index in [9.17, 15) is 0 Å². The molecular weight excluding hydrogens is 234 g/mol. The van der Waals surface area contributed by atoms with E-state index >= 15 is 0 Å². The molecule has 0 heterocycles. The molecule has 0 radical (unpaired) electrons. The topological polar surface area (TPSA) is 9.72 Å². The summed E-state index contributed by atoms with van der Waals surface area (Å²) >= 11 is 0. The minimum Gasteiger partial charge on any atom is -0.303 e. The predicted molar refractivity (Wildman–Crippen MR) is 89.0 cm³/mol. The fourth-order valence-electron chi connectivity index (χ4n) is 2.07. The zero-order valence-electron chi connectivity index (χ0n) is 14.7. The Morgan fingerprint density at radius 3 is 0.842 bits per heavy atom. The molecule has 0 fully saturated rings. The maximum absolute atomic E-state index is 2.57. The van der Waals surface area contributed by atoms with Gasteiger partial charge in [0.25, 0.3) is 0 Å². The second-order valence-electron chi connectivity index (χ2n) is 4.49. The van der Waals surface area contributed by atoms with Crippen LogP contribution in [0, 0.1) is 0 Å². The van der Waals surface area contributed by atoms with E-state index in [-0.39, 0.29) is 0 Å². The first kappa shape index (κ1) is 21.2. The third-order valence-corrected chi connectivity index (χ3v) is 3.70. The molecule has 0 aliphatic carbocycles. The van der Waals surface area contributed by atoms with Gasteiger partial charge in [0, 0.05) is 26.2 Å². The van der Waals surface area contributed by atoms with Crippen molar-refractivity contribution in [1.82, 2.24) is 14.7 Å². The molecule has 118 valence electrons. The standard InChI is InChI=1S/C14H33N3.C2H6/c1-6-15(7-2)11-13-17(10-5)14-12-16(8-3)9-4;1-2/h6-14H2,1-5H3;1-2H3. The van der Waals surface area contributed by atoms with Crippen LogP contribution in [0.1, 0.15) is 48.5 Å². The van der Waals surface area contributed by atoms with Gasteiger partial charge in [-0.1, -0.05) is 48.5 Å². The zero-order valence-corrected chi connectivity index (χ0v) is 14.7. The second kappa shape index (κ2) is 15.9. The van der Waals surface area contributed by atoms with Crippen LogP contribution < -0.4 is 0 Å². The lowest BCUT2D eigenvalue weighted by Gasteiger charge is -2.27. The first-order chi connectivity index (χ1) is 9.21. The summed E-state index contributed by atoms with van der Waals surface area (Å²) < 4.78 is 0. The van der Waals surface area contributed by atoms with E-state index in [1.54, 1.807) is 0 Å². The Morgan fingerprint density at radius 2 is 0.632 bits per heavy atom. The maximum Gasteiger partial charge on any atom is 0.0110 e. The van der Waals surface area contributed by atoms with Crippen LogP contribution in [0.4, 0.5) is 0 Å². The summed E-state index contributed by atoms with van der Waals surface area (Å²) in [4.78, 5) is 7.57. The van der Waals surface area contributed by atoms with Crippen molar-refractivity contribution in [2.24, 2.45) is 0 Å². The Balaban J connectivity index is 0. The van der Waals surface area contributed by atoms with Gasteiger partial charge < -0.3 is 14.7 Å². The molecule has 0 bridgehead atoms. The van der Waals surface area contributed by atoms with Crippen molar-refractivity contribution in [1.29, 1.82) is 0 Å². The summed E-state index contributed by atoms with van der Waals surface area (Å²) in [6.07, 6.45) is 0. The van der Waals surface area contributed by atoms with Crippen LogP contribution in [0.15, 0.2) is 0 Å². The highest BCUT2D eigenvalue weighted by Crippen LogP contribution is 1.94. The van der Waals surface area contributed by atoms with Crippen molar-refractivity contribution in [3.8, 4) is 0 Å². The van der Waals surface area contributed by atoms with Crippen LogP contribution in [0.2, 0.25) is 0 Å². The summed E-state index contributed by atoms with van der Waals surface area (Å²) in [5, 5.41) is 0. The zero-order chi connectivity index (χ0) is 15.1. The monoisotopic (exact) mass is 273 g/mol. The van der Waals surface area contributed by atoms with Gasteiger partial charge in [-0.15, -0.1) is 0 Å². The van der Waals surface area contributed by atoms with Crippen molar-refractivity contribution in [3.63, 3.8) is 0 Å². The summed E-state index contributed by atoms with van der Waals surface area (Å²) in [5.41, 5.74) is 0. The van der Waals surface area contributed by atoms with E-state index in [4.69, 9.17) is 0 Å². The molecule has 0 unspecified atom stereocenters. The van der Waals surface area contributed by atoms with E-state index in [2.05, 4.69) is 49.3 Å². The molecule has 19 heavy (non-hydrogen) atoms. The highest BCUT2D eigenvalue weighted by Gasteiger charge is 2.07. The highest BCUT2D eigenvalue weighted by molar-refractivity contribution is 4.63. The van der Waals surface area contributed by atoms with Gasteiger partial charge in [0.1, 0.15) is 0 Å². The molecule has 0 N–H and O–H groups in total. The van der Waals surface area contributed by atoms with Crippen LogP contribution in [-0.2, 0) is 0 Å². The maximum atomic E-state index is 2.57. The summed E-state index contributed by atoms with van der Waals surface area (Å²) in [7, 11) is 0. The van der Waals surface area contributed by atoms with E-state index < -0.39 is 0 Å². The second-order valence-corrected chi connectivity index (χ2v) is 4.49. The van der Waals surface area contributed by atoms with Crippen LogP contribution >= 0.6 is 0 Å². The molecule has 3 heteroatoms. The fraction of sp³-hybridized carbons (Fsp3) is 1.00. The highest BCUT2D eigenvalue weighted by atomic mass is 15.2. The number of hydrogen-bond donors (Lipinski definition) is 0. The molecule has 0 aromatic carbocycles. The van der Waals surface area contributed by atoms with E-state index in [0.29, 0.717) is 0 Å². The average Bonchev–Trinajstić information content (AvgIpc) is 2.48. The largest absolute Gasteiger partial charge is 0.303 e. The molecule has 0 aromatic heterocycles. The average molecular weight is 274 g/mol. The van der Waals surface area contributed by atoms with E-state index in [0.717, 1.165) is 0 Å². The smallest absolute Gasteiger partial charge is 0.0110 e. The van der Waals surface area contributed by atoms with Gasteiger partial charge in [-0.05, 0) is 32.7 Å². The predicted octanol–water partition coefficient (Wildman–Crippen LogP) is 3.02. The molecular formula is C16H39N3. The Morgan fingerprint density at radius 1 is 0.421 bits per heavy atom. The molecule has 0 aliphatic heterocycles. The van der Waals surface area contributed by atoms with Gasteiger partial charge in [0.2, 0.25) is 0 Å². The van der Waals surface area contributed by atoms with Gasteiger partial charge in [-0.2, -0.15) is 0 Å². The molecule has 0 amide bonds. The summed E-state index contributed by atoms with van der Waals surface area (Å²) in [5.74, 6) is 0. The SMILES string of the molecule is CC.CCN(CC)CCN(CC)CCN(CC)CC. The third-order valence-electron chi connectivity index (χ3n) is 3.70. The van der Waals surface area contributed by atoms with Crippen LogP contribution in [0.25, 0.3) is 0 Å². The molecule has 0 spiro atoms. The van der Waals surface area contributed by atoms with Crippen LogP contribution in [-0.4, -0.2) is 73.6 Å². The third kappa shape index (κ3) is 11.4. The lowest BCUT2D eigenvalue weighted by atomic mass is 10.4. The van der Waals surface area contributed by atoms with Crippen molar-refractivity contribution >= 4 is 0 Å². The first-order valence-electron chi connectivity index (χ1n) is 8.38. The molecule has 0 saturated carbocycles. The fourth-order valence-corrected chi connectivity index (χ4v) is 2.07. The molecule has 0 saturated heterocycles. The Bertz CT molecular complexity index is 138. The molecule has 0 aliphatic rings. The molecule has 0 rings (SSSR count). The number of likely N-dealkylation sites (N-methyl/N-ethyl adjacent to an activating group) is 3. The molecule has 0 aromatic rings. The van der Waals surface area contributed by atoms with Gasteiger partial charge in [0.15, 0.2) is 0 Å².